The molecule has 3 heteroatoms. The second-order valence-electron chi connectivity index (χ2n) is 5.95. The van der Waals surface area contributed by atoms with E-state index in [0.29, 0.717) is 6.42 Å². The van der Waals surface area contributed by atoms with E-state index < -0.39 is 12.0 Å². The van der Waals surface area contributed by atoms with Crippen molar-refractivity contribution < 1.29 is 13.9 Å². The van der Waals surface area contributed by atoms with Gasteiger partial charge in [0.2, 0.25) is 5.92 Å². The number of rotatable bonds is 2. The van der Waals surface area contributed by atoms with E-state index in [0.717, 1.165) is 32.1 Å². The first-order valence-electron chi connectivity index (χ1n) is 7.14. The number of hydrogen-bond donors (Lipinski definition) is 1. The van der Waals surface area contributed by atoms with Crippen LogP contribution in [0.25, 0.3) is 0 Å². The molecule has 0 aromatic carbocycles. The summed E-state index contributed by atoms with van der Waals surface area (Å²) in [6.07, 6.45) is 7.65. The van der Waals surface area contributed by atoms with Crippen LogP contribution in [0.3, 0.4) is 0 Å². The average molecular weight is 246 g/mol. The first-order chi connectivity index (χ1) is 8.08. The van der Waals surface area contributed by atoms with Gasteiger partial charge in [-0.25, -0.2) is 8.78 Å². The van der Waals surface area contributed by atoms with Crippen molar-refractivity contribution in [3.8, 4) is 0 Å². The monoisotopic (exact) mass is 246 g/mol. The van der Waals surface area contributed by atoms with Crippen molar-refractivity contribution in [1.82, 2.24) is 0 Å². The van der Waals surface area contributed by atoms with Crippen LogP contribution in [0, 0.1) is 11.8 Å². The fraction of sp³-hybridized carbons (Fsp3) is 1.00. The first-order valence-corrected chi connectivity index (χ1v) is 7.14. The molecule has 0 heterocycles. The Labute approximate surface area is 103 Å². The maximum atomic E-state index is 13.4. The van der Waals surface area contributed by atoms with Crippen molar-refractivity contribution in [1.29, 1.82) is 0 Å². The van der Waals surface area contributed by atoms with Crippen LogP contribution in [-0.2, 0) is 0 Å². The van der Waals surface area contributed by atoms with E-state index in [-0.39, 0.29) is 24.7 Å². The summed E-state index contributed by atoms with van der Waals surface area (Å²) in [5, 5.41) is 10.3. The van der Waals surface area contributed by atoms with Gasteiger partial charge in [-0.1, -0.05) is 25.7 Å². The molecular weight excluding hydrogens is 222 g/mol. The lowest BCUT2D eigenvalue weighted by Crippen LogP contribution is -2.36. The lowest BCUT2D eigenvalue weighted by molar-refractivity contribution is -0.0861. The third-order valence-electron chi connectivity index (χ3n) is 4.54. The van der Waals surface area contributed by atoms with E-state index in [4.69, 9.17) is 0 Å². The topological polar surface area (TPSA) is 20.2 Å². The molecule has 2 aliphatic carbocycles. The molecule has 0 aliphatic heterocycles. The van der Waals surface area contributed by atoms with Crippen molar-refractivity contribution in [2.45, 2.75) is 76.2 Å². The molecule has 0 saturated heterocycles. The summed E-state index contributed by atoms with van der Waals surface area (Å²) < 4.78 is 26.7. The number of aliphatic hydroxyl groups excluding tert-OH is 1. The summed E-state index contributed by atoms with van der Waals surface area (Å²) in [6.45, 7) is 0. The van der Waals surface area contributed by atoms with Crippen molar-refractivity contribution in [2.75, 3.05) is 0 Å². The molecule has 0 aromatic heterocycles. The van der Waals surface area contributed by atoms with Crippen LogP contribution >= 0.6 is 0 Å². The SMILES string of the molecule is OC(C1CCCCCC1)C1CCCC(F)(F)C1. The standard InChI is InChI=1S/C14H24F2O/c15-14(16)9-5-8-12(10-14)13(17)11-6-3-1-2-4-7-11/h11-13,17H,1-10H2. The Hall–Kier alpha value is -0.180. The van der Waals surface area contributed by atoms with Gasteiger partial charge in [-0.05, 0) is 37.5 Å². The normalized spacial score (nSPS) is 33.0. The molecule has 2 rings (SSSR count). The van der Waals surface area contributed by atoms with Crippen LogP contribution in [0.15, 0.2) is 0 Å². The largest absolute Gasteiger partial charge is 0.393 e. The van der Waals surface area contributed by atoms with Gasteiger partial charge in [-0.2, -0.15) is 0 Å². The highest BCUT2D eigenvalue weighted by molar-refractivity contribution is 4.86. The summed E-state index contributed by atoms with van der Waals surface area (Å²) in [6, 6.07) is 0. The second kappa shape index (κ2) is 5.64. The van der Waals surface area contributed by atoms with E-state index in [1.807, 2.05) is 0 Å². The number of aliphatic hydroxyl groups is 1. The molecular formula is C14H24F2O. The van der Waals surface area contributed by atoms with Crippen LogP contribution in [0.5, 0.6) is 0 Å². The predicted molar refractivity (Wildman–Crippen MR) is 64.1 cm³/mol. The maximum Gasteiger partial charge on any atom is 0.248 e. The minimum Gasteiger partial charge on any atom is -0.393 e. The van der Waals surface area contributed by atoms with Crippen molar-refractivity contribution in [3.05, 3.63) is 0 Å². The summed E-state index contributed by atoms with van der Waals surface area (Å²) >= 11 is 0. The Morgan fingerprint density at radius 3 is 2.06 bits per heavy atom. The molecule has 2 aliphatic rings. The van der Waals surface area contributed by atoms with Gasteiger partial charge < -0.3 is 5.11 Å². The molecule has 0 amide bonds. The van der Waals surface area contributed by atoms with Gasteiger partial charge in [0.05, 0.1) is 6.10 Å². The van der Waals surface area contributed by atoms with E-state index >= 15 is 0 Å². The number of halogens is 2. The van der Waals surface area contributed by atoms with Crippen molar-refractivity contribution >= 4 is 0 Å². The summed E-state index contributed by atoms with van der Waals surface area (Å²) in [5.74, 6) is -2.42. The van der Waals surface area contributed by atoms with Crippen LogP contribution < -0.4 is 0 Å². The highest BCUT2D eigenvalue weighted by Crippen LogP contribution is 2.41. The van der Waals surface area contributed by atoms with Crippen LogP contribution in [-0.4, -0.2) is 17.1 Å². The minimum absolute atomic E-state index is 0.0148. The van der Waals surface area contributed by atoms with Crippen molar-refractivity contribution in [2.24, 2.45) is 11.8 Å². The lowest BCUT2D eigenvalue weighted by Gasteiger charge is -2.35. The van der Waals surface area contributed by atoms with E-state index in [9.17, 15) is 13.9 Å². The Morgan fingerprint density at radius 2 is 1.47 bits per heavy atom. The van der Waals surface area contributed by atoms with Crippen LogP contribution in [0.4, 0.5) is 8.78 Å². The maximum absolute atomic E-state index is 13.4. The fourth-order valence-corrected chi connectivity index (χ4v) is 3.54. The quantitative estimate of drug-likeness (QED) is 0.726. The molecule has 2 fully saturated rings. The summed E-state index contributed by atoms with van der Waals surface area (Å²) in [4.78, 5) is 0. The molecule has 2 unspecified atom stereocenters. The van der Waals surface area contributed by atoms with Crippen LogP contribution in [0.2, 0.25) is 0 Å². The minimum atomic E-state index is -2.53. The molecule has 1 nitrogen and oxygen atoms in total. The van der Waals surface area contributed by atoms with E-state index in [1.54, 1.807) is 0 Å². The van der Waals surface area contributed by atoms with Gasteiger partial charge in [-0.15, -0.1) is 0 Å². The van der Waals surface area contributed by atoms with Gasteiger partial charge in [-0.3, -0.25) is 0 Å². The zero-order valence-electron chi connectivity index (χ0n) is 10.5. The van der Waals surface area contributed by atoms with Gasteiger partial charge in [0.15, 0.2) is 0 Å². The molecule has 0 bridgehead atoms. The summed E-state index contributed by atoms with van der Waals surface area (Å²) in [7, 11) is 0. The Morgan fingerprint density at radius 1 is 0.882 bits per heavy atom. The lowest BCUT2D eigenvalue weighted by atomic mass is 9.77. The fourth-order valence-electron chi connectivity index (χ4n) is 3.54. The highest BCUT2D eigenvalue weighted by Gasteiger charge is 2.40. The Bertz CT molecular complexity index is 234. The Balaban J connectivity index is 1.91. The average Bonchev–Trinajstić information content (AvgIpc) is 2.55. The van der Waals surface area contributed by atoms with Gasteiger partial charge in [0, 0.05) is 12.8 Å². The van der Waals surface area contributed by atoms with E-state index in [2.05, 4.69) is 0 Å². The first kappa shape index (κ1) is 13.3. The number of hydrogen-bond acceptors (Lipinski definition) is 1. The zero-order chi connectivity index (χ0) is 12.3. The van der Waals surface area contributed by atoms with Crippen LogP contribution in [0.1, 0.15) is 64.2 Å². The predicted octanol–water partition coefficient (Wildman–Crippen LogP) is 4.14. The third-order valence-corrected chi connectivity index (χ3v) is 4.54. The summed E-state index contributed by atoms with van der Waals surface area (Å²) in [5.41, 5.74) is 0. The van der Waals surface area contributed by atoms with Gasteiger partial charge >= 0.3 is 0 Å². The Kier molecular flexibility index (Phi) is 4.40. The zero-order valence-corrected chi connectivity index (χ0v) is 10.5. The molecule has 0 spiro atoms. The van der Waals surface area contributed by atoms with Crippen molar-refractivity contribution in [3.63, 3.8) is 0 Å². The highest BCUT2D eigenvalue weighted by atomic mass is 19.3. The smallest absolute Gasteiger partial charge is 0.248 e. The molecule has 0 aromatic rings. The molecule has 100 valence electrons. The molecule has 2 saturated carbocycles. The molecule has 17 heavy (non-hydrogen) atoms. The van der Waals surface area contributed by atoms with Gasteiger partial charge in [0.25, 0.3) is 0 Å². The third kappa shape index (κ3) is 3.64. The molecule has 0 radical (unpaired) electrons. The van der Waals surface area contributed by atoms with E-state index in [1.165, 1.54) is 12.8 Å². The van der Waals surface area contributed by atoms with Gasteiger partial charge in [0.1, 0.15) is 0 Å². The number of alkyl halides is 2. The second-order valence-corrected chi connectivity index (χ2v) is 5.95. The molecule has 2 atom stereocenters. The molecule has 1 N–H and O–H groups in total.